The number of fused-ring (bicyclic) bond motifs is 2. The molecule has 0 unspecified atom stereocenters. The molecule has 0 radical (unpaired) electrons. The van der Waals surface area contributed by atoms with E-state index in [2.05, 4.69) is 31.9 Å². The molecule has 0 aliphatic carbocycles. The third-order valence-electron chi connectivity index (χ3n) is 13.9. The first kappa shape index (κ1) is 66.8. The number of benzene rings is 8. The van der Waals surface area contributed by atoms with Gasteiger partial charge >= 0.3 is 6.03 Å². The van der Waals surface area contributed by atoms with E-state index in [1.807, 2.05) is 0 Å². The van der Waals surface area contributed by atoms with Crippen molar-refractivity contribution in [3.05, 3.63) is 165 Å². The summed E-state index contributed by atoms with van der Waals surface area (Å²) >= 11 is 0. The number of carbonyl (C=O) groups is 5. The van der Waals surface area contributed by atoms with Gasteiger partial charge in [0.15, 0.2) is 0 Å². The van der Waals surface area contributed by atoms with Crippen LogP contribution in [-0.2, 0) is 60.7 Å². The van der Waals surface area contributed by atoms with E-state index in [0.29, 0.717) is 58.7 Å². The summed E-state index contributed by atoms with van der Waals surface area (Å²) in [6.07, 6.45) is 0. The first-order valence-corrected chi connectivity index (χ1v) is 33.9. The second-order valence-electron chi connectivity index (χ2n) is 20.1. The Hall–Kier alpha value is -9.11. The molecular formula is C55H48N6O23S6. The number of rotatable bonds is 16. The number of anilines is 6. The number of nitrogens with one attached hydrogen (secondary N) is 6. The number of aryl methyl sites for hydroxylation is 4. The molecule has 0 atom stereocenters. The Balaban J connectivity index is 0.988. The number of carbonyl (C=O) groups excluding carboxylic acids is 5. The van der Waals surface area contributed by atoms with Gasteiger partial charge in [0.1, 0.15) is 19.6 Å². The molecule has 29 nitrogen and oxygen atoms in total. The van der Waals surface area contributed by atoms with Crippen LogP contribution in [0.15, 0.2) is 139 Å². The van der Waals surface area contributed by atoms with Crippen LogP contribution < -0.4 is 31.9 Å². The molecular weight excluding hydrogens is 1310 g/mol. The van der Waals surface area contributed by atoms with Gasteiger partial charge in [0.25, 0.3) is 84.3 Å². The summed E-state index contributed by atoms with van der Waals surface area (Å²) < 4.78 is 208. The predicted molar refractivity (Wildman–Crippen MR) is 325 cm³/mol. The Morgan fingerprint density at radius 3 is 0.978 bits per heavy atom. The van der Waals surface area contributed by atoms with E-state index >= 15 is 0 Å². The van der Waals surface area contributed by atoms with Crippen LogP contribution >= 0.6 is 0 Å². The monoisotopic (exact) mass is 1350 g/mol. The van der Waals surface area contributed by atoms with Crippen molar-refractivity contribution in [2.45, 2.75) is 70.9 Å². The molecule has 0 aromatic heterocycles. The third kappa shape index (κ3) is 14.0. The summed E-state index contributed by atoms with van der Waals surface area (Å²) in [5.41, 5.74) is 0.911. The number of hydrogen-bond acceptors (Lipinski definition) is 17. The molecule has 8 aromatic carbocycles. The summed E-state index contributed by atoms with van der Waals surface area (Å²) in [5, 5.41) is 12.2. The minimum absolute atomic E-state index is 0.0162. The Labute approximate surface area is 512 Å². The van der Waals surface area contributed by atoms with Crippen LogP contribution in [0, 0.1) is 41.5 Å². The molecule has 0 aliphatic rings. The smallest absolute Gasteiger partial charge is 0.321 e. The second-order valence-corrected chi connectivity index (χ2v) is 28.5. The highest BCUT2D eigenvalue weighted by atomic mass is 32.2. The van der Waals surface area contributed by atoms with E-state index in [9.17, 15) is 102 Å². The lowest BCUT2D eigenvalue weighted by Gasteiger charge is -2.19. The number of urea groups is 1. The van der Waals surface area contributed by atoms with Crippen molar-refractivity contribution in [2.24, 2.45) is 0 Å². The highest BCUT2D eigenvalue weighted by Crippen LogP contribution is 2.40. The van der Waals surface area contributed by atoms with Gasteiger partial charge in [0.05, 0.1) is 21.2 Å². The standard InChI is InChI=1S/C55H48N6O23S6/c1-25-17-27(3)49(29(5)45(25)53(64)58-39-13-15-41(87(73,74)75)37-21-35(85(67,68)69)23-43(47(37)39)89(79,80)81)60-51(62)31-9-7-11-33(19-31)56-55(66)57-34-12-8-10-32(20-34)52(63)61-50-28(4)18-26(2)46(30(50)6)54(65)59-40-14-16-42(88(76,77)78)38-22-36(86(70,71)72)24-44(48(38)40)90(82,83)84/h7-24H,1-6H3,(H,58,64)(H,59,65)(H,60,62)(H,61,63)(H2,56,57,66)(H,67,68,69)(H,70,71,72)(H,73,74,75)(H,76,77,78)(H,79,80,81)(H,82,83,84). The van der Waals surface area contributed by atoms with Crippen molar-refractivity contribution < 1.29 is 102 Å². The van der Waals surface area contributed by atoms with Crippen molar-refractivity contribution in [1.82, 2.24) is 0 Å². The van der Waals surface area contributed by atoms with Crippen molar-refractivity contribution in [1.29, 1.82) is 0 Å². The van der Waals surface area contributed by atoms with Crippen molar-refractivity contribution in [3.63, 3.8) is 0 Å². The minimum atomic E-state index is -5.47. The summed E-state index contributed by atoms with van der Waals surface area (Å²) in [5.74, 6) is -3.48. The summed E-state index contributed by atoms with van der Waals surface area (Å²) in [4.78, 5) is 62.4. The Morgan fingerprint density at radius 1 is 0.333 bits per heavy atom. The van der Waals surface area contributed by atoms with Crippen LogP contribution in [0.3, 0.4) is 0 Å². The van der Waals surface area contributed by atoms with Gasteiger partial charge in [-0.3, -0.25) is 46.5 Å². The average molecular weight is 1350 g/mol. The zero-order valence-electron chi connectivity index (χ0n) is 47.0. The second kappa shape index (κ2) is 24.0. The van der Waals surface area contributed by atoms with Crippen LogP contribution in [0.1, 0.15) is 74.8 Å². The van der Waals surface area contributed by atoms with E-state index in [4.69, 9.17) is 0 Å². The first-order chi connectivity index (χ1) is 41.4. The maximum Gasteiger partial charge on any atom is 0.323 e. The topological polar surface area (TPSA) is 484 Å². The largest absolute Gasteiger partial charge is 0.323 e. The van der Waals surface area contributed by atoms with Gasteiger partial charge in [-0.15, -0.1) is 0 Å². The van der Waals surface area contributed by atoms with E-state index in [1.165, 1.54) is 88.4 Å². The van der Waals surface area contributed by atoms with Gasteiger partial charge in [0, 0.05) is 66.5 Å². The molecule has 8 aromatic rings. The Morgan fingerprint density at radius 2 is 0.667 bits per heavy atom. The van der Waals surface area contributed by atoms with E-state index in [1.54, 1.807) is 13.8 Å². The Bertz CT molecular complexity index is 4930. The third-order valence-corrected chi connectivity index (χ3v) is 19.1. The van der Waals surface area contributed by atoms with E-state index < -0.39 is 153 Å². The summed E-state index contributed by atoms with van der Waals surface area (Å²) in [6.45, 7) is 9.14. The van der Waals surface area contributed by atoms with Crippen molar-refractivity contribution in [2.75, 3.05) is 31.9 Å². The van der Waals surface area contributed by atoms with E-state index in [0.717, 1.165) is 12.1 Å². The molecule has 8 rings (SSSR count). The minimum Gasteiger partial charge on any atom is -0.321 e. The normalized spacial score (nSPS) is 12.3. The molecule has 472 valence electrons. The van der Waals surface area contributed by atoms with Crippen LogP contribution in [0.5, 0.6) is 0 Å². The zero-order valence-corrected chi connectivity index (χ0v) is 51.9. The molecule has 0 aliphatic heterocycles. The SMILES string of the molecule is Cc1cc(C)c(C(=O)Nc2ccc(S(=O)(=O)O)c3cc(S(=O)(=O)O)cc(S(=O)(=O)O)c23)c(C)c1NC(=O)c1cccc(NC(=O)Nc2cccc(C(=O)Nc3c(C)cc(C)c(C(=O)Nc4ccc(S(=O)(=O)O)c5cc(S(=O)(=O)O)cc(S(=O)(=O)O)c45)c3C)c2)c1. The zero-order chi connectivity index (χ0) is 66.9. The lowest BCUT2D eigenvalue weighted by Crippen LogP contribution is -2.21. The van der Waals surface area contributed by atoms with Crippen LogP contribution in [0.4, 0.5) is 38.9 Å². The van der Waals surface area contributed by atoms with Crippen LogP contribution in [0.25, 0.3) is 21.5 Å². The van der Waals surface area contributed by atoms with Gasteiger partial charge in [-0.2, -0.15) is 50.5 Å². The van der Waals surface area contributed by atoms with Crippen molar-refractivity contribution in [3.8, 4) is 0 Å². The molecule has 90 heavy (non-hydrogen) atoms. The molecule has 0 bridgehead atoms. The lowest BCUT2D eigenvalue weighted by atomic mass is 9.96. The highest BCUT2D eigenvalue weighted by molar-refractivity contribution is 7.88. The van der Waals surface area contributed by atoms with E-state index in [-0.39, 0.29) is 56.1 Å². The van der Waals surface area contributed by atoms with Gasteiger partial charge < -0.3 is 31.9 Å². The molecule has 12 N–H and O–H groups in total. The number of amides is 6. The fourth-order valence-corrected chi connectivity index (χ4v) is 14.2. The average Bonchev–Trinajstić information content (AvgIpc) is 0.751. The molecule has 0 saturated carbocycles. The molecule has 0 fully saturated rings. The summed E-state index contributed by atoms with van der Waals surface area (Å²) in [7, 11) is -32.0. The Kier molecular flexibility index (Phi) is 17.8. The lowest BCUT2D eigenvalue weighted by molar-refractivity contribution is 0.101. The van der Waals surface area contributed by atoms with Gasteiger partial charge in [-0.25, -0.2) is 4.79 Å². The molecule has 35 heteroatoms. The fourth-order valence-electron chi connectivity index (χ4n) is 10.1. The fraction of sp³-hybridized carbons (Fsp3) is 0.109. The maximum absolute atomic E-state index is 14.1. The van der Waals surface area contributed by atoms with Gasteiger partial charge in [-0.05, 0) is 160 Å². The quantitative estimate of drug-likeness (QED) is 0.0408. The van der Waals surface area contributed by atoms with Crippen molar-refractivity contribution >= 4 is 146 Å². The van der Waals surface area contributed by atoms with Gasteiger partial charge in [-0.1, -0.05) is 24.3 Å². The molecule has 0 spiro atoms. The van der Waals surface area contributed by atoms with Gasteiger partial charge in [0.2, 0.25) is 0 Å². The summed E-state index contributed by atoms with van der Waals surface area (Å²) in [6, 6.07) is 18.0. The first-order valence-electron chi connectivity index (χ1n) is 25.3. The maximum atomic E-state index is 14.1. The predicted octanol–water partition coefficient (Wildman–Crippen LogP) is 7.98. The molecule has 0 heterocycles. The molecule has 0 saturated heterocycles. The van der Waals surface area contributed by atoms with Crippen LogP contribution in [-0.4, -0.2) is 107 Å². The molecule has 6 amide bonds. The number of hydrogen-bond donors (Lipinski definition) is 12. The highest BCUT2D eigenvalue weighted by Gasteiger charge is 2.31. The van der Waals surface area contributed by atoms with Crippen LogP contribution in [0.2, 0.25) is 0 Å².